The van der Waals surface area contributed by atoms with Gasteiger partial charge in [0.1, 0.15) is 11.6 Å². The van der Waals surface area contributed by atoms with Crippen LogP contribution in [0.15, 0.2) is 59.4 Å². The van der Waals surface area contributed by atoms with Crippen molar-refractivity contribution in [1.29, 1.82) is 0 Å². The molecular weight excluding hydrogens is 404 g/mol. The normalized spacial score (nSPS) is 13.8. The lowest BCUT2D eigenvalue weighted by Crippen LogP contribution is -2.49. The number of hydrogen-bond donors (Lipinski definition) is 0. The SMILES string of the molecule is COc1ccc(CC(=O)N2CCN(c3ccc(=O)n(-c4ccc(C)c(C)c4)n3)CC2)cc1. The second-order valence-corrected chi connectivity index (χ2v) is 8.10. The predicted molar refractivity (Wildman–Crippen MR) is 125 cm³/mol. The third kappa shape index (κ3) is 4.66. The van der Waals surface area contributed by atoms with Crippen molar-refractivity contribution in [2.75, 3.05) is 38.2 Å². The van der Waals surface area contributed by atoms with E-state index < -0.39 is 0 Å². The number of anilines is 1. The third-order valence-electron chi connectivity index (χ3n) is 5.99. The Morgan fingerprint density at radius 3 is 2.31 bits per heavy atom. The molecule has 1 fully saturated rings. The van der Waals surface area contributed by atoms with Crippen LogP contribution in [0.1, 0.15) is 16.7 Å². The van der Waals surface area contributed by atoms with Crippen molar-refractivity contribution in [1.82, 2.24) is 14.7 Å². The summed E-state index contributed by atoms with van der Waals surface area (Å²) in [7, 11) is 1.63. The van der Waals surface area contributed by atoms with Gasteiger partial charge in [-0.1, -0.05) is 18.2 Å². The van der Waals surface area contributed by atoms with E-state index in [9.17, 15) is 9.59 Å². The predicted octanol–water partition coefficient (Wildman–Crippen LogP) is 2.75. The molecule has 3 aromatic rings. The first-order chi connectivity index (χ1) is 15.4. The fourth-order valence-corrected chi connectivity index (χ4v) is 3.83. The van der Waals surface area contributed by atoms with Crippen LogP contribution >= 0.6 is 0 Å². The van der Waals surface area contributed by atoms with Gasteiger partial charge in [-0.25, -0.2) is 0 Å². The van der Waals surface area contributed by atoms with E-state index in [4.69, 9.17) is 4.74 Å². The van der Waals surface area contributed by atoms with Gasteiger partial charge in [0.2, 0.25) is 5.91 Å². The molecule has 0 spiro atoms. The van der Waals surface area contributed by atoms with Gasteiger partial charge in [-0.05, 0) is 60.9 Å². The standard InChI is InChI=1S/C25H28N4O3/c1-18-4-7-21(16-19(18)2)29-24(30)11-10-23(26-29)27-12-14-28(15-13-27)25(31)17-20-5-8-22(32-3)9-6-20/h4-11,16H,12-15,17H2,1-3H3. The van der Waals surface area contributed by atoms with Crippen LogP contribution < -0.4 is 15.2 Å². The number of benzene rings is 2. The molecule has 0 atom stereocenters. The molecule has 7 heteroatoms. The number of rotatable bonds is 5. The fourth-order valence-electron chi connectivity index (χ4n) is 3.83. The summed E-state index contributed by atoms with van der Waals surface area (Å²) >= 11 is 0. The van der Waals surface area contributed by atoms with Crippen LogP contribution in [-0.2, 0) is 11.2 Å². The number of methoxy groups -OCH3 is 1. The van der Waals surface area contributed by atoms with Gasteiger partial charge in [-0.2, -0.15) is 4.68 Å². The summed E-state index contributed by atoms with van der Waals surface area (Å²) in [5.41, 5.74) is 3.86. The molecule has 1 aliphatic heterocycles. The smallest absolute Gasteiger partial charge is 0.271 e. The van der Waals surface area contributed by atoms with Crippen LogP contribution in [0.25, 0.3) is 5.69 Å². The van der Waals surface area contributed by atoms with E-state index in [2.05, 4.69) is 10.00 Å². The van der Waals surface area contributed by atoms with E-state index in [0.29, 0.717) is 32.6 Å². The molecule has 1 aromatic heterocycles. The van der Waals surface area contributed by atoms with Crippen molar-refractivity contribution in [3.05, 3.63) is 81.6 Å². The largest absolute Gasteiger partial charge is 0.497 e. The third-order valence-corrected chi connectivity index (χ3v) is 5.99. The van der Waals surface area contributed by atoms with Gasteiger partial charge >= 0.3 is 0 Å². The molecule has 0 N–H and O–H groups in total. The highest BCUT2D eigenvalue weighted by Crippen LogP contribution is 2.17. The highest BCUT2D eigenvalue weighted by molar-refractivity contribution is 5.79. The number of hydrogen-bond acceptors (Lipinski definition) is 5. The molecule has 1 saturated heterocycles. The maximum atomic E-state index is 12.7. The minimum absolute atomic E-state index is 0.114. The number of ether oxygens (including phenoxy) is 1. The first-order valence-electron chi connectivity index (χ1n) is 10.8. The summed E-state index contributed by atoms with van der Waals surface area (Å²) in [6.45, 7) is 6.66. The number of carbonyl (C=O) groups is 1. The van der Waals surface area contributed by atoms with Gasteiger partial charge in [0.05, 0.1) is 19.2 Å². The van der Waals surface area contributed by atoms with E-state index in [-0.39, 0.29) is 11.5 Å². The molecule has 0 aliphatic carbocycles. The quantitative estimate of drug-likeness (QED) is 0.620. The minimum Gasteiger partial charge on any atom is -0.497 e. The summed E-state index contributed by atoms with van der Waals surface area (Å²) in [5, 5.41) is 4.61. The molecule has 0 unspecified atom stereocenters. The molecular formula is C25H28N4O3. The summed E-state index contributed by atoms with van der Waals surface area (Å²) in [6, 6.07) is 16.8. The second-order valence-electron chi connectivity index (χ2n) is 8.10. The fraction of sp³-hybridized carbons (Fsp3) is 0.320. The first-order valence-corrected chi connectivity index (χ1v) is 10.8. The Morgan fingerprint density at radius 2 is 1.66 bits per heavy atom. The number of carbonyl (C=O) groups excluding carboxylic acids is 1. The molecule has 0 saturated carbocycles. The lowest BCUT2D eigenvalue weighted by Gasteiger charge is -2.35. The second kappa shape index (κ2) is 9.26. The molecule has 4 rings (SSSR count). The average Bonchev–Trinajstić information content (AvgIpc) is 2.82. The number of amides is 1. The zero-order chi connectivity index (χ0) is 22.7. The van der Waals surface area contributed by atoms with Gasteiger partial charge in [0.15, 0.2) is 0 Å². The van der Waals surface area contributed by atoms with Crippen molar-refractivity contribution >= 4 is 11.7 Å². The number of aromatic nitrogens is 2. The van der Waals surface area contributed by atoms with Crippen LogP contribution in [0.2, 0.25) is 0 Å². The molecule has 2 aromatic carbocycles. The van der Waals surface area contributed by atoms with Gasteiger partial charge < -0.3 is 14.5 Å². The molecule has 0 bridgehead atoms. The Bertz CT molecular complexity index is 1160. The highest BCUT2D eigenvalue weighted by Gasteiger charge is 2.22. The van der Waals surface area contributed by atoms with E-state index in [1.165, 1.54) is 10.2 Å². The lowest BCUT2D eigenvalue weighted by atomic mass is 10.1. The number of nitrogens with zero attached hydrogens (tertiary/aromatic N) is 4. The van der Waals surface area contributed by atoms with Crippen LogP contribution in [0, 0.1) is 13.8 Å². The highest BCUT2D eigenvalue weighted by atomic mass is 16.5. The molecule has 166 valence electrons. The van der Waals surface area contributed by atoms with Crippen LogP contribution in [0.3, 0.4) is 0 Å². The summed E-state index contributed by atoms with van der Waals surface area (Å²) in [6.07, 6.45) is 0.375. The molecule has 1 amide bonds. The van der Waals surface area contributed by atoms with Crippen LogP contribution in [0.4, 0.5) is 5.82 Å². The molecule has 32 heavy (non-hydrogen) atoms. The Labute approximate surface area is 187 Å². The van der Waals surface area contributed by atoms with E-state index in [1.807, 2.05) is 61.2 Å². The van der Waals surface area contributed by atoms with Crippen molar-refractivity contribution in [3.63, 3.8) is 0 Å². The van der Waals surface area contributed by atoms with Crippen LogP contribution in [-0.4, -0.2) is 53.9 Å². The monoisotopic (exact) mass is 432 g/mol. The van der Waals surface area contributed by atoms with Gasteiger partial charge in [0.25, 0.3) is 5.56 Å². The van der Waals surface area contributed by atoms with Crippen molar-refractivity contribution < 1.29 is 9.53 Å². The Hall–Kier alpha value is -3.61. The van der Waals surface area contributed by atoms with Crippen molar-refractivity contribution in [2.45, 2.75) is 20.3 Å². The van der Waals surface area contributed by atoms with E-state index in [1.54, 1.807) is 19.2 Å². The van der Waals surface area contributed by atoms with Crippen LogP contribution in [0.5, 0.6) is 5.75 Å². The maximum Gasteiger partial charge on any atom is 0.271 e. The Balaban J connectivity index is 1.42. The van der Waals surface area contributed by atoms with Gasteiger partial charge in [0, 0.05) is 32.2 Å². The molecule has 7 nitrogen and oxygen atoms in total. The molecule has 0 radical (unpaired) electrons. The maximum absolute atomic E-state index is 12.7. The summed E-state index contributed by atoms with van der Waals surface area (Å²) in [5.74, 6) is 1.64. The Morgan fingerprint density at radius 1 is 0.938 bits per heavy atom. The number of aryl methyl sites for hydroxylation is 2. The lowest BCUT2D eigenvalue weighted by molar-refractivity contribution is -0.130. The zero-order valence-corrected chi connectivity index (χ0v) is 18.7. The molecule has 2 heterocycles. The number of piperazine rings is 1. The van der Waals surface area contributed by atoms with Gasteiger partial charge in [-0.15, -0.1) is 5.10 Å². The molecule has 1 aliphatic rings. The zero-order valence-electron chi connectivity index (χ0n) is 18.7. The minimum atomic E-state index is -0.162. The average molecular weight is 433 g/mol. The topological polar surface area (TPSA) is 67.7 Å². The van der Waals surface area contributed by atoms with E-state index >= 15 is 0 Å². The first kappa shape index (κ1) is 21.6. The van der Waals surface area contributed by atoms with Gasteiger partial charge in [-0.3, -0.25) is 9.59 Å². The summed E-state index contributed by atoms with van der Waals surface area (Å²) < 4.78 is 6.62. The van der Waals surface area contributed by atoms with Crippen molar-refractivity contribution in [2.24, 2.45) is 0 Å². The Kier molecular flexibility index (Phi) is 6.25. The van der Waals surface area contributed by atoms with Crippen molar-refractivity contribution in [3.8, 4) is 11.4 Å². The summed E-state index contributed by atoms with van der Waals surface area (Å²) in [4.78, 5) is 29.2. The van der Waals surface area contributed by atoms with E-state index in [0.717, 1.165) is 28.4 Å².